The third-order valence-electron chi connectivity index (χ3n) is 1.37. The van der Waals surface area contributed by atoms with Crippen molar-refractivity contribution in [2.24, 2.45) is 0 Å². The molecule has 0 atom stereocenters. The highest BCUT2D eigenvalue weighted by Crippen LogP contribution is 2.06. The second-order valence-corrected chi connectivity index (χ2v) is 2.67. The van der Waals surface area contributed by atoms with E-state index in [1.54, 1.807) is 0 Å². The highest BCUT2D eigenvalue weighted by molar-refractivity contribution is 5.27. The Kier molecular flexibility index (Phi) is 9.97. The van der Waals surface area contributed by atoms with Crippen LogP contribution in [0.1, 0.15) is 39.0 Å². The van der Waals surface area contributed by atoms with Gasteiger partial charge >= 0.3 is 0 Å². The summed E-state index contributed by atoms with van der Waals surface area (Å²) in [6.45, 7) is 6.38. The predicted octanol–water partition coefficient (Wildman–Crippen LogP) is 4.52. The zero-order valence-electron chi connectivity index (χ0n) is 6.23. The molecule has 0 heterocycles. The molecule has 0 spiro atoms. The lowest BCUT2D eigenvalue weighted by Gasteiger charge is -1.96. The average molecular weight is 168 g/mol. The Labute approximate surface area is 78.6 Å². The Hall–Kier alpha value is -0.780. The number of hydrogen-bond acceptors (Lipinski definition) is 0. The maximum absolute atomic E-state index is 2.19. The van der Waals surface area contributed by atoms with Gasteiger partial charge < -0.3 is 0 Å². The van der Waals surface area contributed by atoms with Gasteiger partial charge in [-0.25, -0.2) is 0 Å². The number of benzene rings is 1. The van der Waals surface area contributed by atoms with Crippen LogP contribution in [0.25, 0.3) is 0 Å². The van der Waals surface area contributed by atoms with Gasteiger partial charge in [0.15, 0.2) is 0 Å². The summed E-state index contributed by atoms with van der Waals surface area (Å²) < 4.78 is 0. The van der Waals surface area contributed by atoms with Crippen molar-refractivity contribution in [1.82, 2.24) is 0 Å². The van der Waals surface area contributed by atoms with Crippen LogP contribution in [0.15, 0.2) is 18.2 Å². The van der Waals surface area contributed by atoms with Gasteiger partial charge in [0.2, 0.25) is 0 Å². The Morgan fingerprint density at radius 1 is 0.583 bits per heavy atom. The quantitative estimate of drug-likeness (QED) is 0.534. The fourth-order valence-electron chi connectivity index (χ4n) is 1.20. The van der Waals surface area contributed by atoms with Gasteiger partial charge in [-0.3, -0.25) is 0 Å². The Balaban J connectivity index is -0.000000270. The van der Waals surface area contributed by atoms with Crippen molar-refractivity contribution in [1.29, 1.82) is 0 Å². The van der Waals surface area contributed by atoms with Gasteiger partial charge in [-0.15, -0.1) is 0 Å². The van der Waals surface area contributed by atoms with Gasteiger partial charge in [0.05, 0.1) is 0 Å². The molecule has 0 heteroatoms. The maximum Gasteiger partial charge on any atom is -0.0398 e. The van der Waals surface area contributed by atoms with Crippen LogP contribution in [0.2, 0.25) is 0 Å². The van der Waals surface area contributed by atoms with Crippen LogP contribution in [0.4, 0.5) is 0 Å². The molecule has 0 nitrogen and oxygen atoms in total. The average Bonchev–Trinajstić information content (AvgIpc) is 1.59. The molecule has 0 saturated carbocycles. The smallest absolute Gasteiger partial charge is 0.0398 e. The van der Waals surface area contributed by atoms with E-state index in [2.05, 4.69) is 39.0 Å². The molecule has 0 N–H and O–H groups in total. The summed E-state index contributed by atoms with van der Waals surface area (Å²) >= 11 is 0. The summed E-state index contributed by atoms with van der Waals surface area (Å²) in [6, 6.07) is 6.56. The van der Waals surface area contributed by atoms with Crippen LogP contribution in [0.3, 0.4) is 0 Å². The summed E-state index contributed by atoms with van der Waals surface area (Å²) in [6.07, 6.45) is 0. The molecule has 72 valence electrons. The minimum absolute atomic E-state index is 0. The highest BCUT2D eigenvalue weighted by atomic mass is 13.9. The van der Waals surface area contributed by atoms with Gasteiger partial charge in [0, 0.05) is 0 Å². The molecule has 0 aliphatic rings. The molecule has 0 aromatic heterocycles. The number of aryl methyl sites for hydroxylation is 3. The molecule has 1 aromatic carbocycles. The molecule has 0 aliphatic carbocycles. The van der Waals surface area contributed by atoms with Crippen molar-refractivity contribution in [3.8, 4) is 0 Å². The molecule has 12 heavy (non-hydrogen) atoms. The summed E-state index contributed by atoms with van der Waals surface area (Å²) in [5.41, 5.74) is 4.06. The number of hydrogen-bond donors (Lipinski definition) is 0. The van der Waals surface area contributed by atoms with Crippen molar-refractivity contribution in [2.45, 2.75) is 43.1 Å². The largest absolute Gasteiger partial charge is 0.0776 e. The van der Waals surface area contributed by atoms with E-state index in [1.807, 2.05) is 0 Å². The van der Waals surface area contributed by atoms with Gasteiger partial charge in [-0.05, 0) is 20.8 Å². The molecular weight excluding hydrogens is 144 g/mol. The molecule has 0 bridgehead atoms. The monoisotopic (exact) mass is 168 g/mol. The van der Waals surface area contributed by atoms with E-state index in [4.69, 9.17) is 0 Å². The van der Waals surface area contributed by atoms with E-state index in [-0.39, 0.29) is 22.3 Å². The topological polar surface area (TPSA) is 0 Å². The van der Waals surface area contributed by atoms with Crippen LogP contribution in [0, 0.1) is 20.8 Å². The molecule has 0 aliphatic heterocycles. The van der Waals surface area contributed by atoms with Crippen molar-refractivity contribution < 1.29 is 0 Å². The van der Waals surface area contributed by atoms with E-state index in [0.29, 0.717) is 0 Å². The first-order valence-electron chi connectivity index (χ1n) is 3.23. The minimum atomic E-state index is 0. The molecule has 0 unspecified atom stereocenters. The molecular formula is C12H24. The normalized spacial score (nSPS) is 7.25. The summed E-state index contributed by atoms with van der Waals surface area (Å²) in [5, 5.41) is 0. The lowest BCUT2D eigenvalue weighted by atomic mass is 10.1. The fourth-order valence-corrected chi connectivity index (χ4v) is 1.20. The lowest BCUT2D eigenvalue weighted by molar-refractivity contribution is 1.32. The Morgan fingerprint density at radius 2 is 0.750 bits per heavy atom. The van der Waals surface area contributed by atoms with Gasteiger partial charge in [0.25, 0.3) is 0 Å². The second kappa shape index (κ2) is 6.90. The zero-order chi connectivity index (χ0) is 6.85. The molecule has 0 amide bonds. The van der Waals surface area contributed by atoms with Gasteiger partial charge in [-0.2, -0.15) is 0 Å². The van der Waals surface area contributed by atoms with Gasteiger partial charge in [0.1, 0.15) is 0 Å². The molecule has 1 rings (SSSR count). The van der Waals surface area contributed by atoms with E-state index >= 15 is 0 Å². The van der Waals surface area contributed by atoms with E-state index < -0.39 is 0 Å². The summed E-state index contributed by atoms with van der Waals surface area (Å²) in [5.74, 6) is 0. The van der Waals surface area contributed by atoms with Crippen LogP contribution < -0.4 is 0 Å². The zero-order valence-corrected chi connectivity index (χ0v) is 6.23. The first-order chi connectivity index (χ1) is 4.18. The first kappa shape index (κ1) is 17.3. The van der Waals surface area contributed by atoms with Crippen molar-refractivity contribution in [3.63, 3.8) is 0 Å². The molecule has 0 radical (unpaired) electrons. The SMILES string of the molecule is C.C.C.Cc1cc(C)cc(C)c1. The van der Waals surface area contributed by atoms with E-state index in [9.17, 15) is 0 Å². The van der Waals surface area contributed by atoms with Crippen LogP contribution >= 0.6 is 0 Å². The van der Waals surface area contributed by atoms with Crippen molar-refractivity contribution in [3.05, 3.63) is 34.9 Å². The molecule has 0 fully saturated rings. The molecule has 0 saturated heterocycles. The minimum Gasteiger partial charge on any atom is -0.0776 e. The summed E-state index contributed by atoms with van der Waals surface area (Å²) in [7, 11) is 0. The van der Waals surface area contributed by atoms with Crippen molar-refractivity contribution in [2.75, 3.05) is 0 Å². The first-order valence-corrected chi connectivity index (χ1v) is 3.23. The van der Waals surface area contributed by atoms with E-state index in [0.717, 1.165) is 0 Å². The highest BCUT2D eigenvalue weighted by Gasteiger charge is 1.87. The second-order valence-electron chi connectivity index (χ2n) is 2.67. The van der Waals surface area contributed by atoms with E-state index in [1.165, 1.54) is 16.7 Å². The maximum atomic E-state index is 2.19. The predicted molar refractivity (Wildman–Crippen MR) is 60.8 cm³/mol. The van der Waals surface area contributed by atoms with Crippen LogP contribution in [0.5, 0.6) is 0 Å². The van der Waals surface area contributed by atoms with Crippen LogP contribution in [-0.4, -0.2) is 0 Å². The number of rotatable bonds is 0. The standard InChI is InChI=1S/C9H12.3CH4/c1-7-4-8(2)6-9(3)5-7;;;/h4-6H,1-3H3;3*1H4. The van der Waals surface area contributed by atoms with Crippen molar-refractivity contribution >= 4 is 0 Å². The third-order valence-corrected chi connectivity index (χ3v) is 1.37. The van der Waals surface area contributed by atoms with Gasteiger partial charge in [-0.1, -0.05) is 57.2 Å². The molecule has 1 aromatic rings. The summed E-state index contributed by atoms with van der Waals surface area (Å²) in [4.78, 5) is 0. The van der Waals surface area contributed by atoms with Crippen LogP contribution in [-0.2, 0) is 0 Å². The lowest BCUT2D eigenvalue weighted by Crippen LogP contribution is -1.78. The Bertz CT molecular complexity index is 161. The fraction of sp³-hybridized carbons (Fsp3) is 0.500. The third kappa shape index (κ3) is 4.95. The Morgan fingerprint density at radius 3 is 0.917 bits per heavy atom.